The van der Waals surface area contributed by atoms with Crippen LogP contribution in [0.4, 0.5) is 0 Å². The van der Waals surface area contributed by atoms with Crippen LogP contribution < -0.4 is 4.72 Å². The number of nitrogens with zero attached hydrogens (tertiary/aromatic N) is 1. The largest absolute Gasteiger partial charge is 0.478 e. The molecule has 1 heterocycles. The Hall–Kier alpha value is -2.19. The first-order valence-electron chi connectivity index (χ1n) is 6.05. The Kier molecular flexibility index (Phi) is 4.10. The van der Waals surface area contributed by atoms with Crippen molar-refractivity contribution in [3.05, 3.63) is 46.8 Å². The number of hydrogen-bond acceptors (Lipinski definition) is 5. The Labute approximate surface area is 121 Å². The highest BCUT2D eigenvalue weighted by molar-refractivity contribution is 7.89. The van der Waals surface area contributed by atoms with Crippen molar-refractivity contribution in [3.8, 4) is 0 Å². The smallest absolute Gasteiger partial charge is 0.335 e. The number of sulfonamides is 1. The van der Waals surface area contributed by atoms with Gasteiger partial charge < -0.3 is 9.63 Å². The van der Waals surface area contributed by atoms with Gasteiger partial charge in [-0.25, -0.2) is 17.9 Å². The van der Waals surface area contributed by atoms with E-state index in [0.717, 1.165) is 6.07 Å². The summed E-state index contributed by atoms with van der Waals surface area (Å²) in [7, 11) is -3.82. The first-order valence-corrected chi connectivity index (χ1v) is 7.54. The van der Waals surface area contributed by atoms with Crippen molar-refractivity contribution < 1.29 is 22.8 Å². The van der Waals surface area contributed by atoms with E-state index in [-0.39, 0.29) is 17.0 Å². The summed E-state index contributed by atoms with van der Waals surface area (Å²) in [6.45, 7) is 3.27. The van der Waals surface area contributed by atoms with E-state index in [0.29, 0.717) is 17.0 Å². The number of carboxylic acid groups (broad SMARTS) is 1. The lowest BCUT2D eigenvalue weighted by atomic mass is 10.1. The summed E-state index contributed by atoms with van der Waals surface area (Å²) in [5, 5.41) is 12.7. The van der Waals surface area contributed by atoms with Gasteiger partial charge in [-0.3, -0.25) is 0 Å². The highest BCUT2D eigenvalue weighted by Crippen LogP contribution is 2.16. The Morgan fingerprint density at radius 3 is 2.62 bits per heavy atom. The van der Waals surface area contributed by atoms with Crippen molar-refractivity contribution in [2.24, 2.45) is 0 Å². The van der Waals surface area contributed by atoms with Crippen LogP contribution in [-0.2, 0) is 16.6 Å². The van der Waals surface area contributed by atoms with Gasteiger partial charge in [0, 0.05) is 6.07 Å². The molecule has 0 bridgehead atoms. The van der Waals surface area contributed by atoms with Gasteiger partial charge in [-0.15, -0.1) is 0 Å². The van der Waals surface area contributed by atoms with Crippen molar-refractivity contribution in [1.29, 1.82) is 0 Å². The van der Waals surface area contributed by atoms with Crippen molar-refractivity contribution in [2.45, 2.75) is 25.3 Å². The second-order valence-electron chi connectivity index (χ2n) is 4.54. The third kappa shape index (κ3) is 3.47. The molecule has 1 aromatic carbocycles. The lowest BCUT2D eigenvalue weighted by Crippen LogP contribution is -2.23. The number of carboxylic acids is 1. The third-order valence-corrected chi connectivity index (χ3v) is 4.26. The second-order valence-corrected chi connectivity index (χ2v) is 6.31. The summed E-state index contributed by atoms with van der Waals surface area (Å²) in [5.74, 6) is -0.794. The van der Waals surface area contributed by atoms with Gasteiger partial charge in [0.1, 0.15) is 0 Å². The summed E-state index contributed by atoms with van der Waals surface area (Å²) in [6.07, 6.45) is 0. The first kappa shape index (κ1) is 15.2. The molecule has 0 aliphatic carbocycles. The molecule has 2 N–H and O–H groups in total. The van der Waals surface area contributed by atoms with Crippen LogP contribution in [0, 0.1) is 13.8 Å². The molecule has 0 unspecified atom stereocenters. The van der Waals surface area contributed by atoms with Crippen molar-refractivity contribution in [2.75, 3.05) is 0 Å². The molecule has 21 heavy (non-hydrogen) atoms. The average molecular weight is 310 g/mol. The second kappa shape index (κ2) is 5.66. The SMILES string of the molecule is Cc1cc(CNS(=O)(=O)c2ccc(C)c(C(=O)O)c2)on1. The van der Waals surface area contributed by atoms with E-state index in [1.54, 1.807) is 19.9 Å². The summed E-state index contributed by atoms with van der Waals surface area (Å²) in [6, 6.07) is 5.55. The Morgan fingerprint density at radius 1 is 1.33 bits per heavy atom. The maximum atomic E-state index is 12.1. The predicted octanol–water partition coefficient (Wildman–Crippen LogP) is 1.47. The molecule has 2 aromatic rings. The maximum absolute atomic E-state index is 12.1. The normalized spacial score (nSPS) is 11.5. The van der Waals surface area contributed by atoms with Gasteiger partial charge in [-0.1, -0.05) is 11.2 Å². The number of aromatic nitrogens is 1. The van der Waals surface area contributed by atoms with E-state index in [1.165, 1.54) is 12.1 Å². The summed E-state index contributed by atoms with van der Waals surface area (Å²) in [4.78, 5) is 10.9. The molecule has 7 nitrogen and oxygen atoms in total. The predicted molar refractivity (Wildman–Crippen MR) is 73.4 cm³/mol. The third-order valence-electron chi connectivity index (χ3n) is 2.86. The molecule has 8 heteroatoms. The molecule has 0 saturated carbocycles. The lowest BCUT2D eigenvalue weighted by molar-refractivity contribution is 0.0696. The van der Waals surface area contributed by atoms with E-state index in [2.05, 4.69) is 9.88 Å². The fraction of sp³-hybridized carbons (Fsp3) is 0.231. The van der Waals surface area contributed by atoms with Crippen molar-refractivity contribution in [1.82, 2.24) is 9.88 Å². The van der Waals surface area contributed by atoms with Crippen LogP contribution in [0.3, 0.4) is 0 Å². The zero-order valence-electron chi connectivity index (χ0n) is 11.5. The molecule has 0 aliphatic rings. The van der Waals surface area contributed by atoms with E-state index in [9.17, 15) is 13.2 Å². The van der Waals surface area contributed by atoms with Gasteiger partial charge in [-0.2, -0.15) is 0 Å². The van der Waals surface area contributed by atoms with Crippen LogP contribution in [0.2, 0.25) is 0 Å². The minimum absolute atomic E-state index is 0.0478. The average Bonchev–Trinajstić information content (AvgIpc) is 2.82. The zero-order chi connectivity index (χ0) is 15.6. The minimum atomic E-state index is -3.82. The van der Waals surface area contributed by atoms with Gasteiger partial charge in [0.25, 0.3) is 0 Å². The van der Waals surface area contributed by atoms with E-state index in [1.807, 2.05) is 0 Å². The quantitative estimate of drug-likeness (QED) is 0.865. The van der Waals surface area contributed by atoms with Crippen molar-refractivity contribution in [3.63, 3.8) is 0 Å². The van der Waals surface area contributed by atoms with E-state index in [4.69, 9.17) is 9.63 Å². The molecular formula is C13H14N2O5S. The zero-order valence-corrected chi connectivity index (χ0v) is 12.3. The highest BCUT2D eigenvalue weighted by Gasteiger charge is 2.18. The molecule has 0 spiro atoms. The molecule has 0 amide bonds. The standard InChI is InChI=1S/C13H14N2O5S/c1-8-3-4-11(6-12(8)13(16)17)21(18,19)14-7-10-5-9(2)15-20-10/h3-6,14H,7H2,1-2H3,(H,16,17). The first-order chi connectivity index (χ1) is 9.79. The monoisotopic (exact) mass is 310 g/mol. The van der Waals surface area contributed by atoms with Crippen LogP contribution in [-0.4, -0.2) is 24.7 Å². The van der Waals surface area contributed by atoms with Gasteiger partial charge in [-0.05, 0) is 31.5 Å². The summed E-state index contributed by atoms with van der Waals surface area (Å²) >= 11 is 0. The molecule has 0 fully saturated rings. The van der Waals surface area contributed by atoms with Crippen LogP contribution in [0.1, 0.15) is 27.4 Å². The topological polar surface area (TPSA) is 110 Å². The molecule has 0 radical (unpaired) electrons. The van der Waals surface area contributed by atoms with Crippen LogP contribution in [0.15, 0.2) is 33.7 Å². The molecule has 112 valence electrons. The number of aryl methyl sites for hydroxylation is 2. The van der Waals surface area contributed by atoms with Crippen LogP contribution in [0.25, 0.3) is 0 Å². The number of benzene rings is 1. The molecule has 1 aromatic heterocycles. The molecule has 2 rings (SSSR count). The van der Waals surface area contributed by atoms with Crippen molar-refractivity contribution >= 4 is 16.0 Å². The van der Waals surface area contributed by atoms with Gasteiger partial charge >= 0.3 is 5.97 Å². The maximum Gasteiger partial charge on any atom is 0.335 e. The summed E-state index contributed by atoms with van der Waals surface area (Å²) in [5.41, 5.74) is 1.09. The van der Waals surface area contributed by atoms with E-state index < -0.39 is 16.0 Å². The Morgan fingerprint density at radius 2 is 2.05 bits per heavy atom. The molecule has 0 atom stereocenters. The lowest BCUT2D eigenvalue weighted by Gasteiger charge is -2.07. The minimum Gasteiger partial charge on any atom is -0.478 e. The fourth-order valence-electron chi connectivity index (χ4n) is 1.75. The number of carbonyl (C=O) groups is 1. The molecular weight excluding hydrogens is 296 g/mol. The molecule has 0 aliphatic heterocycles. The van der Waals surface area contributed by atoms with Gasteiger partial charge in [0.05, 0.1) is 22.7 Å². The Balaban J connectivity index is 2.23. The number of aromatic carboxylic acids is 1. The number of hydrogen-bond donors (Lipinski definition) is 2. The van der Waals surface area contributed by atoms with Crippen LogP contribution >= 0.6 is 0 Å². The number of nitrogens with one attached hydrogen (secondary N) is 1. The fourth-order valence-corrected chi connectivity index (χ4v) is 2.77. The molecule has 0 saturated heterocycles. The number of rotatable bonds is 5. The summed E-state index contributed by atoms with van der Waals surface area (Å²) < 4.78 is 31.5. The Bertz CT molecular complexity index is 780. The van der Waals surface area contributed by atoms with E-state index >= 15 is 0 Å². The highest BCUT2D eigenvalue weighted by atomic mass is 32.2. The van der Waals surface area contributed by atoms with Gasteiger partial charge in [0.15, 0.2) is 5.76 Å². The van der Waals surface area contributed by atoms with Gasteiger partial charge in [0.2, 0.25) is 10.0 Å². The van der Waals surface area contributed by atoms with Crippen LogP contribution in [0.5, 0.6) is 0 Å².